The molecule has 2 aromatic heterocycles. The minimum absolute atomic E-state index is 0.597. The average molecular weight is 322 g/mol. The number of hydrogen-bond acceptors (Lipinski definition) is 3. The average Bonchev–Trinajstić information content (AvgIpc) is 2.70. The van der Waals surface area contributed by atoms with E-state index in [1.165, 1.54) is 5.57 Å². The molecule has 0 aliphatic heterocycles. The molecule has 4 nitrogen and oxygen atoms in total. The van der Waals surface area contributed by atoms with Gasteiger partial charge in [-0.15, -0.1) is 0 Å². The fourth-order valence-electron chi connectivity index (χ4n) is 1.73. The molecule has 5 heteroatoms. The van der Waals surface area contributed by atoms with Crippen LogP contribution < -0.4 is 4.74 Å². The van der Waals surface area contributed by atoms with Gasteiger partial charge in [0.15, 0.2) is 0 Å². The molecule has 2 aromatic rings. The van der Waals surface area contributed by atoms with Crippen molar-refractivity contribution in [2.75, 3.05) is 6.61 Å². The first-order valence-corrected chi connectivity index (χ1v) is 6.89. The van der Waals surface area contributed by atoms with Crippen LogP contribution in [0.25, 0.3) is 11.8 Å². The number of allylic oxidation sites excluding steroid dienone is 1. The molecule has 100 valence electrons. The van der Waals surface area contributed by atoms with Gasteiger partial charge in [-0.3, -0.25) is 0 Å². The van der Waals surface area contributed by atoms with E-state index in [2.05, 4.69) is 45.9 Å². The van der Waals surface area contributed by atoms with Gasteiger partial charge in [0.05, 0.1) is 18.0 Å². The van der Waals surface area contributed by atoms with Crippen LogP contribution in [0.1, 0.15) is 26.5 Å². The van der Waals surface area contributed by atoms with Crippen molar-refractivity contribution in [1.82, 2.24) is 14.8 Å². The van der Waals surface area contributed by atoms with Gasteiger partial charge in [0.25, 0.3) is 0 Å². The number of ether oxygens (including phenoxy) is 1. The standard InChI is InChI=1S/C14H16BrN3O/c1-4-19-14-9-11(5-6-16-14)18-12(7-10(2)3)8-13(15)17-18/h5-9H,4H2,1-3H3. The molecule has 0 radical (unpaired) electrons. The topological polar surface area (TPSA) is 39.9 Å². The van der Waals surface area contributed by atoms with E-state index in [4.69, 9.17) is 4.74 Å². The van der Waals surface area contributed by atoms with Gasteiger partial charge in [-0.05, 0) is 54.9 Å². The smallest absolute Gasteiger partial charge is 0.215 e. The van der Waals surface area contributed by atoms with Crippen molar-refractivity contribution in [3.05, 3.63) is 40.3 Å². The predicted molar refractivity (Wildman–Crippen MR) is 79.6 cm³/mol. The quantitative estimate of drug-likeness (QED) is 0.858. The molecule has 0 amide bonds. The molecule has 0 atom stereocenters. The highest BCUT2D eigenvalue weighted by atomic mass is 79.9. The fraction of sp³-hybridized carbons (Fsp3) is 0.286. The first-order valence-electron chi connectivity index (χ1n) is 6.10. The molecule has 0 aliphatic rings. The summed E-state index contributed by atoms with van der Waals surface area (Å²) in [5.41, 5.74) is 3.16. The third kappa shape index (κ3) is 3.44. The molecule has 0 bridgehead atoms. The Hall–Kier alpha value is -1.62. The molecule has 0 saturated heterocycles. The van der Waals surface area contributed by atoms with E-state index in [0.29, 0.717) is 12.5 Å². The largest absolute Gasteiger partial charge is 0.478 e. The molecule has 0 fully saturated rings. The maximum absolute atomic E-state index is 5.42. The number of nitrogens with zero attached hydrogens (tertiary/aromatic N) is 3. The number of hydrogen-bond donors (Lipinski definition) is 0. The van der Waals surface area contributed by atoms with Gasteiger partial charge in [0.2, 0.25) is 5.88 Å². The lowest BCUT2D eigenvalue weighted by Crippen LogP contribution is -2.01. The lowest BCUT2D eigenvalue weighted by molar-refractivity contribution is 0.326. The van der Waals surface area contributed by atoms with Crippen LogP contribution in [0, 0.1) is 0 Å². The normalized spacial score (nSPS) is 10.3. The highest BCUT2D eigenvalue weighted by Gasteiger charge is 2.07. The second-order valence-electron chi connectivity index (χ2n) is 4.31. The Kier molecular flexibility index (Phi) is 4.37. The Morgan fingerprint density at radius 2 is 2.21 bits per heavy atom. The van der Waals surface area contributed by atoms with Gasteiger partial charge in [-0.25, -0.2) is 9.67 Å². The van der Waals surface area contributed by atoms with Crippen molar-refractivity contribution in [1.29, 1.82) is 0 Å². The van der Waals surface area contributed by atoms with Gasteiger partial charge in [-0.2, -0.15) is 5.10 Å². The van der Waals surface area contributed by atoms with E-state index in [0.717, 1.165) is 16.0 Å². The van der Waals surface area contributed by atoms with Crippen LogP contribution >= 0.6 is 15.9 Å². The molecule has 2 rings (SSSR count). The first kappa shape index (κ1) is 13.8. The molecular formula is C14H16BrN3O. The summed E-state index contributed by atoms with van der Waals surface area (Å²) < 4.78 is 8.08. The Labute approximate surface area is 121 Å². The molecule has 0 spiro atoms. The van der Waals surface area contributed by atoms with Crippen LogP contribution in [-0.2, 0) is 0 Å². The van der Waals surface area contributed by atoms with E-state index in [-0.39, 0.29) is 0 Å². The molecule has 0 N–H and O–H groups in total. The summed E-state index contributed by atoms with van der Waals surface area (Å²) in [7, 11) is 0. The van der Waals surface area contributed by atoms with Crippen molar-refractivity contribution in [3.8, 4) is 11.6 Å². The van der Waals surface area contributed by atoms with Crippen molar-refractivity contribution in [2.45, 2.75) is 20.8 Å². The third-order valence-electron chi connectivity index (χ3n) is 2.40. The van der Waals surface area contributed by atoms with Crippen molar-refractivity contribution >= 4 is 22.0 Å². The SMILES string of the molecule is CCOc1cc(-n2nc(Br)cc2C=C(C)C)ccn1. The first-order chi connectivity index (χ1) is 9.10. The van der Waals surface area contributed by atoms with E-state index >= 15 is 0 Å². The lowest BCUT2D eigenvalue weighted by Gasteiger charge is -2.07. The Morgan fingerprint density at radius 3 is 2.89 bits per heavy atom. The van der Waals surface area contributed by atoms with Gasteiger partial charge in [0, 0.05) is 12.3 Å². The highest BCUT2D eigenvalue weighted by Crippen LogP contribution is 2.20. The van der Waals surface area contributed by atoms with Crippen LogP contribution in [0.3, 0.4) is 0 Å². The van der Waals surface area contributed by atoms with Gasteiger partial charge < -0.3 is 4.74 Å². The summed E-state index contributed by atoms with van der Waals surface area (Å²) in [6, 6.07) is 5.77. The Balaban J connectivity index is 2.46. The van der Waals surface area contributed by atoms with E-state index in [9.17, 15) is 0 Å². The number of halogens is 1. The van der Waals surface area contributed by atoms with Gasteiger partial charge in [0.1, 0.15) is 4.60 Å². The molecule has 0 aromatic carbocycles. The Morgan fingerprint density at radius 1 is 1.42 bits per heavy atom. The summed E-state index contributed by atoms with van der Waals surface area (Å²) in [5, 5.41) is 4.44. The van der Waals surface area contributed by atoms with Gasteiger partial charge >= 0.3 is 0 Å². The molecular weight excluding hydrogens is 306 g/mol. The van der Waals surface area contributed by atoms with Crippen molar-refractivity contribution in [3.63, 3.8) is 0 Å². The molecule has 0 unspecified atom stereocenters. The molecule has 19 heavy (non-hydrogen) atoms. The number of pyridine rings is 1. The second kappa shape index (κ2) is 6.02. The van der Waals surface area contributed by atoms with Crippen LogP contribution in [0.4, 0.5) is 0 Å². The van der Waals surface area contributed by atoms with Crippen molar-refractivity contribution in [2.24, 2.45) is 0 Å². The van der Waals surface area contributed by atoms with E-state index in [1.54, 1.807) is 6.20 Å². The van der Waals surface area contributed by atoms with Crippen molar-refractivity contribution < 1.29 is 4.74 Å². The Bertz CT molecular complexity index is 600. The number of aromatic nitrogens is 3. The second-order valence-corrected chi connectivity index (χ2v) is 5.12. The number of rotatable bonds is 4. The minimum atomic E-state index is 0.597. The minimum Gasteiger partial charge on any atom is -0.478 e. The lowest BCUT2D eigenvalue weighted by atomic mass is 10.2. The van der Waals surface area contributed by atoms with Crippen LogP contribution in [0.5, 0.6) is 5.88 Å². The zero-order valence-electron chi connectivity index (χ0n) is 11.2. The molecule has 2 heterocycles. The molecule has 0 aliphatic carbocycles. The monoisotopic (exact) mass is 321 g/mol. The summed E-state index contributed by atoms with van der Waals surface area (Å²) in [6.45, 7) is 6.65. The van der Waals surface area contributed by atoms with Crippen LogP contribution in [0.15, 0.2) is 34.6 Å². The zero-order valence-corrected chi connectivity index (χ0v) is 12.8. The van der Waals surface area contributed by atoms with E-state index < -0.39 is 0 Å². The summed E-state index contributed by atoms with van der Waals surface area (Å²) in [6.07, 6.45) is 3.81. The summed E-state index contributed by atoms with van der Waals surface area (Å²) >= 11 is 3.41. The molecule has 0 saturated carbocycles. The summed E-state index contributed by atoms with van der Waals surface area (Å²) in [5.74, 6) is 0.606. The fourth-order valence-corrected chi connectivity index (χ4v) is 2.12. The maximum atomic E-state index is 5.42. The maximum Gasteiger partial charge on any atom is 0.215 e. The summed E-state index contributed by atoms with van der Waals surface area (Å²) in [4.78, 5) is 4.16. The zero-order chi connectivity index (χ0) is 13.8. The van der Waals surface area contributed by atoms with Gasteiger partial charge in [-0.1, -0.05) is 5.57 Å². The van der Waals surface area contributed by atoms with E-state index in [1.807, 2.05) is 29.8 Å². The predicted octanol–water partition coefficient (Wildman–Crippen LogP) is 3.85. The van der Waals surface area contributed by atoms with Crippen LogP contribution in [0.2, 0.25) is 0 Å². The highest BCUT2D eigenvalue weighted by molar-refractivity contribution is 9.10. The third-order valence-corrected chi connectivity index (χ3v) is 2.79. The van der Waals surface area contributed by atoms with Crippen LogP contribution in [-0.4, -0.2) is 21.4 Å².